The number of amides is 2. The number of hydrogen-bond donors (Lipinski definition) is 3. The smallest absolute Gasteiger partial charge is 0.251 e. The molecule has 0 radical (unpaired) electrons. The molecular formula is C15H23N3O2. The van der Waals surface area contributed by atoms with E-state index in [-0.39, 0.29) is 17.9 Å². The van der Waals surface area contributed by atoms with Crippen molar-refractivity contribution in [3.8, 4) is 0 Å². The second-order valence-electron chi connectivity index (χ2n) is 5.53. The van der Waals surface area contributed by atoms with Gasteiger partial charge in [-0.1, -0.05) is 0 Å². The van der Waals surface area contributed by atoms with E-state index in [1.165, 1.54) is 0 Å². The van der Waals surface area contributed by atoms with E-state index in [2.05, 4.69) is 16.0 Å². The van der Waals surface area contributed by atoms with E-state index in [1.54, 1.807) is 45.2 Å². The summed E-state index contributed by atoms with van der Waals surface area (Å²) in [5, 5.41) is 8.56. The molecule has 0 unspecified atom stereocenters. The molecule has 2 amide bonds. The van der Waals surface area contributed by atoms with E-state index < -0.39 is 5.54 Å². The van der Waals surface area contributed by atoms with Crippen LogP contribution in [0.1, 0.15) is 38.1 Å². The molecule has 3 N–H and O–H groups in total. The van der Waals surface area contributed by atoms with Crippen molar-refractivity contribution < 1.29 is 9.59 Å². The normalized spacial score (nSPS) is 11.3. The SMILES string of the molecule is CNC(C)(C)C(=O)Nc1ccc(C(=O)NC(C)C)cc1. The van der Waals surface area contributed by atoms with Crippen LogP contribution >= 0.6 is 0 Å². The summed E-state index contributed by atoms with van der Waals surface area (Å²) in [5.41, 5.74) is 0.595. The Hall–Kier alpha value is -1.88. The van der Waals surface area contributed by atoms with Crippen LogP contribution in [0.5, 0.6) is 0 Å². The topological polar surface area (TPSA) is 70.2 Å². The molecule has 1 aromatic rings. The van der Waals surface area contributed by atoms with Gasteiger partial charge in [-0.3, -0.25) is 9.59 Å². The number of likely N-dealkylation sites (N-methyl/N-ethyl adjacent to an activating group) is 1. The van der Waals surface area contributed by atoms with Crippen molar-refractivity contribution in [1.29, 1.82) is 0 Å². The van der Waals surface area contributed by atoms with Gasteiger partial charge in [0.25, 0.3) is 5.91 Å². The largest absolute Gasteiger partial charge is 0.350 e. The van der Waals surface area contributed by atoms with E-state index in [4.69, 9.17) is 0 Å². The van der Waals surface area contributed by atoms with Crippen LogP contribution in [0.4, 0.5) is 5.69 Å². The van der Waals surface area contributed by atoms with E-state index in [0.717, 1.165) is 0 Å². The lowest BCUT2D eigenvalue weighted by Gasteiger charge is -2.22. The summed E-state index contributed by atoms with van der Waals surface area (Å²) in [5.74, 6) is -0.243. The monoisotopic (exact) mass is 277 g/mol. The number of anilines is 1. The standard InChI is InChI=1S/C15H23N3O2/c1-10(2)17-13(19)11-6-8-12(9-7-11)18-14(20)15(3,4)16-5/h6-10,16H,1-5H3,(H,17,19)(H,18,20). The predicted octanol–water partition coefficient (Wildman–Crippen LogP) is 1.76. The van der Waals surface area contributed by atoms with Gasteiger partial charge in [0.2, 0.25) is 5.91 Å². The molecule has 0 fully saturated rings. The molecule has 5 nitrogen and oxygen atoms in total. The minimum Gasteiger partial charge on any atom is -0.350 e. The van der Waals surface area contributed by atoms with Gasteiger partial charge in [0, 0.05) is 17.3 Å². The first-order valence-corrected chi connectivity index (χ1v) is 6.67. The Kier molecular flexibility index (Phi) is 5.27. The second kappa shape index (κ2) is 6.52. The summed E-state index contributed by atoms with van der Waals surface area (Å²) in [6, 6.07) is 6.93. The van der Waals surface area contributed by atoms with Crippen molar-refractivity contribution in [1.82, 2.24) is 10.6 Å². The van der Waals surface area contributed by atoms with Crippen LogP contribution in [-0.2, 0) is 4.79 Å². The van der Waals surface area contributed by atoms with Crippen LogP contribution < -0.4 is 16.0 Å². The predicted molar refractivity (Wildman–Crippen MR) is 80.8 cm³/mol. The summed E-state index contributed by atoms with van der Waals surface area (Å²) in [6.07, 6.45) is 0. The van der Waals surface area contributed by atoms with Gasteiger partial charge in [0.15, 0.2) is 0 Å². The van der Waals surface area contributed by atoms with Gasteiger partial charge in [-0.05, 0) is 59.0 Å². The minimum absolute atomic E-state index is 0.0957. The summed E-state index contributed by atoms with van der Waals surface area (Å²) in [4.78, 5) is 23.8. The lowest BCUT2D eigenvalue weighted by atomic mass is 10.0. The van der Waals surface area contributed by atoms with Gasteiger partial charge < -0.3 is 16.0 Å². The Bertz CT molecular complexity index is 478. The average Bonchev–Trinajstić information content (AvgIpc) is 2.38. The number of nitrogens with one attached hydrogen (secondary N) is 3. The van der Waals surface area contributed by atoms with Gasteiger partial charge in [0.1, 0.15) is 0 Å². The molecule has 0 saturated heterocycles. The molecule has 5 heteroatoms. The first-order valence-electron chi connectivity index (χ1n) is 6.67. The molecule has 110 valence electrons. The number of benzene rings is 1. The van der Waals surface area contributed by atoms with Crippen LogP contribution in [0, 0.1) is 0 Å². The van der Waals surface area contributed by atoms with Gasteiger partial charge >= 0.3 is 0 Å². The highest BCUT2D eigenvalue weighted by atomic mass is 16.2. The fourth-order valence-corrected chi connectivity index (χ4v) is 1.45. The fraction of sp³-hybridized carbons (Fsp3) is 0.467. The van der Waals surface area contributed by atoms with Gasteiger partial charge in [-0.15, -0.1) is 0 Å². The summed E-state index contributed by atoms with van der Waals surface area (Å²) < 4.78 is 0. The lowest BCUT2D eigenvalue weighted by molar-refractivity contribution is -0.121. The van der Waals surface area contributed by atoms with Crippen LogP contribution in [0.2, 0.25) is 0 Å². The molecule has 0 atom stereocenters. The van der Waals surface area contributed by atoms with E-state index in [9.17, 15) is 9.59 Å². The van der Waals surface area contributed by atoms with Crippen molar-refractivity contribution in [2.45, 2.75) is 39.3 Å². The number of carbonyl (C=O) groups is 2. The maximum absolute atomic E-state index is 12.0. The highest BCUT2D eigenvalue weighted by Gasteiger charge is 2.25. The van der Waals surface area contributed by atoms with Crippen LogP contribution in [0.15, 0.2) is 24.3 Å². The molecule has 1 rings (SSSR count). The Morgan fingerprint density at radius 2 is 1.65 bits per heavy atom. The average molecular weight is 277 g/mol. The Labute approximate surface area is 120 Å². The Balaban J connectivity index is 2.73. The van der Waals surface area contributed by atoms with Crippen LogP contribution in [0.25, 0.3) is 0 Å². The maximum Gasteiger partial charge on any atom is 0.251 e. The quantitative estimate of drug-likeness (QED) is 0.768. The highest BCUT2D eigenvalue weighted by Crippen LogP contribution is 2.12. The van der Waals surface area contributed by atoms with E-state index in [0.29, 0.717) is 11.3 Å². The third-order valence-electron chi connectivity index (χ3n) is 3.02. The molecule has 0 bridgehead atoms. The van der Waals surface area contributed by atoms with Crippen molar-refractivity contribution in [2.24, 2.45) is 0 Å². The molecule has 1 aromatic carbocycles. The summed E-state index contributed by atoms with van der Waals surface area (Å²) in [7, 11) is 1.74. The van der Waals surface area contributed by atoms with E-state index >= 15 is 0 Å². The molecule has 0 heterocycles. The van der Waals surface area contributed by atoms with Crippen LogP contribution in [0.3, 0.4) is 0 Å². The lowest BCUT2D eigenvalue weighted by Crippen LogP contribution is -2.47. The molecule has 0 spiro atoms. The summed E-state index contributed by atoms with van der Waals surface area (Å²) in [6.45, 7) is 7.41. The van der Waals surface area contributed by atoms with E-state index in [1.807, 2.05) is 13.8 Å². The highest BCUT2D eigenvalue weighted by molar-refractivity contribution is 5.98. The fourth-order valence-electron chi connectivity index (χ4n) is 1.45. The molecular weight excluding hydrogens is 254 g/mol. The number of carbonyl (C=O) groups excluding carboxylic acids is 2. The zero-order valence-corrected chi connectivity index (χ0v) is 12.7. The maximum atomic E-state index is 12.0. The first kappa shape index (κ1) is 16.2. The third kappa shape index (κ3) is 4.35. The van der Waals surface area contributed by atoms with Crippen molar-refractivity contribution in [3.05, 3.63) is 29.8 Å². The van der Waals surface area contributed by atoms with Crippen molar-refractivity contribution in [3.63, 3.8) is 0 Å². The Morgan fingerprint density at radius 3 is 2.10 bits per heavy atom. The number of hydrogen-bond acceptors (Lipinski definition) is 3. The van der Waals surface area contributed by atoms with Gasteiger partial charge in [-0.25, -0.2) is 0 Å². The molecule has 0 saturated carbocycles. The molecule has 0 aromatic heterocycles. The molecule has 0 aliphatic heterocycles. The number of rotatable bonds is 5. The Morgan fingerprint density at radius 1 is 1.10 bits per heavy atom. The second-order valence-corrected chi connectivity index (χ2v) is 5.53. The zero-order chi connectivity index (χ0) is 15.3. The van der Waals surface area contributed by atoms with Crippen LogP contribution in [-0.4, -0.2) is 30.4 Å². The van der Waals surface area contributed by atoms with Gasteiger partial charge in [-0.2, -0.15) is 0 Å². The zero-order valence-electron chi connectivity index (χ0n) is 12.7. The first-order chi connectivity index (χ1) is 9.26. The molecule has 0 aliphatic rings. The van der Waals surface area contributed by atoms with Crippen molar-refractivity contribution >= 4 is 17.5 Å². The summed E-state index contributed by atoms with van der Waals surface area (Å²) >= 11 is 0. The van der Waals surface area contributed by atoms with Crippen molar-refractivity contribution in [2.75, 3.05) is 12.4 Å². The minimum atomic E-state index is -0.645. The molecule has 20 heavy (non-hydrogen) atoms. The van der Waals surface area contributed by atoms with Gasteiger partial charge in [0.05, 0.1) is 5.54 Å². The molecule has 0 aliphatic carbocycles. The third-order valence-corrected chi connectivity index (χ3v) is 3.02.